The first kappa shape index (κ1) is 26.9. The molecule has 12 aromatic rings. The summed E-state index contributed by atoms with van der Waals surface area (Å²) in [6.07, 6.45) is 0. The number of thiophene rings is 1. The van der Waals surface area contributed by atoms with E-state index in [-0.39, 0.29) is 0 Å². The molecule has 12 rings (SSSR count). The number of nitrogens with zero attached hydrogens (tertiary/aromatic N) is 3. The van der Waals surface area contributed by atoms with Crippen LogP contribution in [0.5, 0.6) is 0 Å². The van der Waals surface area contributed by atoms with E-state index >= 15 is 0 Å². The SMILES string of the molecule is Clc1nc2sc3c4ccccc4c4ccccc4c3c2nc1-n1c2ccccc2c2c3ccccc3c3c(oc4ccc5ccccc5c43)c21. The summed E-state index contributed by atoms with van der Waals surface area (Å²) in [7, 11) is 0. The molecule has 0 N–H and O–H groups in total. The van der Waals surface area contributed by atoms with Gasteiger partial charge in [-0.25, -0.2) is 9.97 Å². The molecule has 0 spiro atoms. The zero-order valence-electron chi connectivity index (χ0n) is 26.2. The van der Waals surface area contributed by atoms with Crippen molar-refractivity contribution in [3.8, 4) is 5.82 Å². The molecule has 0 unspecified atom stereocenters. The molecule has 0 saturated carbocycles. The molecule has 50 heavy (non-hydrogen) atoms. The molecule has 0 bridgehead atoms. The molecule has 0 amide bonds. The van der Waals surface area contributed by atoms with Gasteiger partial charge in [0.1, 0.15) is 15.9 Å². The van der Waals surface area contributed by atoms with E-state index in [0.29, 0.717) is 11.0 Å². The fourth-order valence-electron chi connectivity index (χ4n) is 8.47. The third-order valence-corrected chi connectivity index (χ3v) is 11.8. The van der Waals surface area contributed by atoms with Gasteiger partial charge in [-0.2, -0.15) is 0 Å². The van der Waals surface area contributed by atoms with Crippen LogP contribution >= 0.6 is 22.9 Å². The first-order valence-corrected chi connectivity index (χ1v) is 17.8. The van der Waals surface area contributed by atoms with Crippen molar-refractivity contribution in [2.24, 2.45) is 0 Å². The number of benzene rings is 8. The molecule has 232 valence electrons. The van der Waals surface area contributed by atoms with E-state index in [1.54, 1.807) is 11.3 Å². The number of rotatable bonds is 1. The Hall–Kier alpha value is -6.01. The van der Waals surface area contributed by atoms with E-state index in [1.807, 2.05) is 0 Å². The normalized spacial score (nSPS) is 12.5. The average Bonchev–Trinajstić information content (AvgIpc) is 3.85. The molecule has 8 aromatic carbocycles. The van der Waals surface area contributed by atoms with Crippen LogP contribution in [0.2, 0.25) is 5.15 Å². The molecule has 0 fully saturated rings. The van der Waals surface area contributed by atoms with Crippen molar-refractivity contribution in [1.29, 1.82) is 0 Å². The smallest absolute Gasteiger partial charge is 0.176 e. The van der Waals surface area contributed by atoms with Crippen LogP contribution in [0, 0.1) is 0 Å². The Morgan fingerprint density at radius 1 is 0.520 bits per heavy atom. The minimum absolute atomic E-state index is 0.350. The molecule has 0 aliphatic heterocycles. The van der Waals surface area contributed by atoms with Crippen molar-refractivity contribution in [1.82, 2.24) is 14.5 Å². The number of para-hydroxylation sites is 1. The second-order valence-electron chi connectivity index (χ2n) is 13.0. The molecule has 4 aromatic heterocycles. The minimum Gasteiger partial charge on any atom is -0.454 e. The summed E-state index contributed by atoms with van der Waals surface area (Å²) in [5.74, 6) is 0.587. The maximum atomic E-state index is 7.27. The van der Waals surface area contributed by atoms with E-state index in [9.17, 15) is 0 Å². The summed E-state index contributed by atoms with van der Waals surface area (Å²) >= 11 is 8.92. The Labute approximate surface area is 292 Å². The number of hydrogen-bond acceptors (Lipinski definition) is 4. The fourth-order valence-corrected chi connectivity index (χ4v) is 9.91. The number of aromatic nitrogens is 3. The van der Waals surface area contributed by atoms with Gasteiger partial charge in [0.05, 0.1) is 11.0 Å². The average molecular weight is 676 g/mol. The zero-order valence-corrected chi connectivity index (χ0v) is 27.8. The van der Waals surface area contributed by atoms with Gasteiger partial charge in [0.15, 0.2) is 16.6 Å². The first-order valence-electron chi connectivity index (χ1n) is 16.6. The van der Waals surface area contributed by atoms with Crippen LogP contribution in [0.1, 0.15) is 0 Å². The Bertz CT molecular complexity index is 3460. The minimum atomic E-state index is 0.350. The molecule has 0 atom stereocenters. The van der Waals surface area contributed by atoms with E-state index < -0.39 is 0 Å². The predicted molar refractivity (Wildman–Crippen MR) is 212 cm³/mol. The quantitative estimate of drug-likeness (QED) is 0.163. The highest BCUT2D eigenvalue weighted by Gasteiger charge is 2.26. The molecule has 6 heteroatoms. The van der Waals surface area contributed by atoms with Gasteiger partial charge in [-0.3, -0.25) is 4.57 Å². The molecule has 4 nitrogen and oxygen atoms in total. The van der Waals surface area contributed by atoms with Gasteiger partial charge in [0, 0.05) is 37.0 Å². The Kier molecular flexibility index (Phi) is 5.15. The van der Waals surface area contributed by atoms with Crippen molar-refractivity contribution in [3.63, 3.8) is 0 Å². The molecule has 0 aliphatic carbocycles. The van der Waals surface area contributed by atoms with Gasteiger partial charge in [-0.15, -0.1) is 11.3 Å². The summed E-state index contributed by atoms with van der Waals surface area (Å²) in [4.78, 5) is 11.4. The first-order chi connectivity index (χ1) is 24.7. The number of hydrogen-bond donors (Lipinski definition) is 0. The maximum Gasteiger partial charge on any atom is 0.176 e. The summed E-state index contributed by atoms with van der Waals surface area (Å²) in [5.41, 5.74) is 4.44. The van der Waals surface area contributed by atoms with Crippen molar-refractivity contribution in [2.75, 3.05) is 0 Å². The third-order valence-electron chi connectivity index (χ3n) is 10.5. The Morgan fingerprint density at radius 2 is 1.12 bits per heavy atom. The van der Waals surface area contributed by atoms with Crippen LogP contribution in [-0.4, -0.2) is 14.5 Å². The van der Waals surface area contributed by atoms with Crippen molar-refractivity contribution in [3.05, 3.63) is 139 Å². The lowest BCUT2D eigenvalue weighted by atomic mass is 9.96. The van der Waals surface area contributed by atoms with Crippen molar-refractivity contribution >= 4 is 130 Å². The van der Waals surface area contributed by atoms with Gasteiger partial charge >= 0.3 is 0 Å². The maximum absolute atomic E-state index is 7.27. The highest BCUT2D eigenvalue weighted by atomic mass is 35.5. The van der Waals surface area contributed by atoms with Gasteiger partial charge in [0.2, 0.25) is 0 Å². The lowest BCUT2D eigenvalue weighted by Gasteiger charge is -2.11. The van der Waals surface area contributed by atoms with Crippen LogP contribution in [0.3, 0.4) is 0 Å². The monoisotopic (exact) mass is 675 g/mol. The summed E-state index contributed by atoms with van der Waals surface area (Å²) < 4.78 is 10.3. The van der Waals surface area contributed by atoms with Gasteiger partial charge in [0.25, 0.3) is 0 Å². The predicted octanol–water partition coefficient (Wildman–Crippen LogP) is 13.1. The largest absolute Gasteiger partial charge is 0.454 e. The molecule has 0 saturated heterocycles. The van der Waals surface area contributed by atoms with Crippen LogP contribution in [0.4, 0.5) is 0 Å². The molecular weight excluding hydrogens is 654 g/mol. The second-order valence-corrected chi connectivity index (χ2v) is 14.3. The Morgan fingerprint density at radius 3 is 1.90 bits per heavy atom. The number of halogens is 1. The summed E-state index contributed by atoms with van der Waals surface area (Å²) in [5, 5.41) is 15.3. The lowest BCUT2D eigenvalue weighted by Crippen LogP contribution is -2.00. The second kappa shape index (κ2) is 9.57. The van der Waals surface area contributed by atoms with E-state index in [1.165, 1.54) is 31.6 Å². The van der Waals surface area contributed by atoms with Crippen molar-refractivity contribution in [2.45, 2.75) is 0 Å². The fraction of sp³-hybridized carbons (Fsp3) is 0. The van der Waals surface area contributed by atoms with Crippen LogP contribution in [-0.2, 0) is 0 Å². The Balaban J connectivity index is 1.32. The standard InChI is InChI=1S/C44H22ClN3OS/c45-42-43(46-38-37-27-15-5-3-13-25(27)26-14-4-8-18-30(26)41(37)50-44(38)47-42)48-32-20-10-9-19-31(32)34-28-16-6-7-17-29(28)36-35-24-12-2-1-11-23(24)21-22-33(35)49-40(36)39(34)48/h1-22H. The van der Waals surface area contributed by atoms with Crippen LogP contribution in [0.15, 0.2) is 138 Å². The third kappa shape index (κ3) is 3.31. The number of fused-ring (bicyclic) bond motifs is 20. The van der Waals surface area contributed by atoms with Crippen molar-refractivity contribution < 1.29 is 4.42 Å². The topological polar surface area (TPSA) is 43.9 Å². The van der Waals surface area contributed by atoms with Crippen LogP contribution in [0.25, 0.3) is 113 Å². The van der Waals surface area contributed by atoms with Gasteiger partial charge in [-0.1, -0.05) is 133 Å². The molecule has 4 heterocycles. The van der Waals surface area contributed by atoms with Gasteiger partial charge in [-0.05, 0) is 49.8 Å². The van der Waals surface area contributed by atoms with E-state index in [4.69, 9.17) is 26.0 Å². The molecule has 0 radical (unpaired) electrons. The highest BCUT2D eigenvalue weighted by Crippen LogP contribution is 2.48. The summed E-state index contributed by atoms with van der Waals surface area (Å²) in [6.45, 7) is 0. The summed E-state index contributed by atoms with van der Waals surface area (Å²) in [6, 6.07) is 47.1. The van der Waals surface area contributed by atoms with E-state index in [2.05, 4.69) is 138 Å². The lowest BCUT2D eigenvalue weighted by molar-refractivity contribution is 0.671. The highest BCUT2D eigenvalue weighted by molar-refractivity contribution is 7.26. The molecular formula is C44H22ClN3OS. The van der Waals surface area contributed by atoms with E-state index in [0.717, 1.165) is 75.6 Å². The zero-order chi connectivity index (χ0) is 32.7. The van der Waals surface area contributed by atoms with Crippen LogP contribution < -0.4 is 0 Å². The molecule has 0 aliphatic rings. The number of furan rings is 1. The van der Waals surface area contributed by atoms with Gasteiger partial charge < -0.3 is 4.42 Å².